The molecule has 1 aromatic carbocycles. The summed E-state index contributed by atoms with van der Waals surface area (Å²) in [5.74, 6) is 0.657. The number of hydrogen-bond acceptors (Lipinski definition) is 5. The number of furan rings is 1. The Morgan fingerprint density at radius 2 is 2.05 bits per heavy atom. The molecule has 0 atom stereocenters. The average Bonchev–Trinajstić information content (AvgIpc) is 2.93. The minimum Gasteiger partial charge on any atom is -0.467 e. The molecule has 0 saturated carbocycles. The molecule has 0 radical (unpaired) electrons. The number of methoxy groups -OCH3 is 1. The molecule has 20 heavy (non-hydrogen) atoms. The average molecular weight is 290 g/mol. The Bertz CT molecular complexity index is 757. The summed E-state index contributed by atoms with van der Waals surface area (Å²) in [5.41, 5.74) is 1.82. The smallest absolute Gasteiger partial charge is 0.319 e. The van der Waals surface area contributed by atoms with Gasteiger partial charge in [-0.2, -0.15) is 9.97 Å². The molecule has 5 nitrogen and oxygen atoms in total. The molecule has 0 aliphatic carbocycles. The Balaban J connectivity index is 2.02. The van der Waals surface area contributed by atoms with Crippen molar-refractivity contribution in [1.82, 2.24) is 9.97 Å². The fourth-order valence-electron chi connectivity index (χ4n) is 1.94. The summed E-state index contributed by atoms with van der Waals surface area (Å²) >= 11 is 5.97. The molecule has 0 bridgehead atoms. The molecule has 0 spiro atoms. The Morgan fingerprint density at radius 1 is 1.20 bits per heavy atom. The first kappa shape index (κ1) is 12.7. The third kappa shape index (κ3) is 2.28. The molecule has 102 valence electrons. The van der Waals surface area contributed by atoms with Crippen LogP contribution in [0.15, 0.2) is 41.0 Å². The minimum absolute atomic E-state index is 0.240. The molecule has 0 aliphatic rings. The van der Waals surface area contributed by atoms with Gasteiger partial charge in [0.25, 0.3) is 0 Å². The standard InChI is InChI=1S/C14H12ClN3O2/c1-18(13-8-12(15)16-14(17-13)19-2)10-3-4-11-9(7-10)5-6-20-11/h3-8H,1-2H3. The quantitative estimate of drug-likeness (QED) is 0.689. The maximum Gasteiger partial charge on any atom is 0.319 e. The highest BCUT2D eigenvalue weighted by Crippen LogP contribution is 2.28. The van der Waals surface area contributed by atoms with E-state index in [0.717, 1.165) is 16.7 Å². The van der Waals surface area contributed by atoms with Crippen molar-refractivity contribution >= 4 is 34.1 Å². The maximum atomic E-state index is 5.97. The van der Waals surface area contributed by atoms with E-state index in [1.807, 2.05) is 36.2 Å². The first-order valence-electron chi connectivity index (χ1n) is 5.97. The van der Waals surface area contributed by atoms with Crippen molar-refractivity contribution in [2.45, 2.75) is 0 Å². The van der Waals surface area contributed by atoms with Crippen molar-refractivity contribution in [3.63, 3.8) is 0 Å². The van der Waals surface area contributed by atoms with Crippen molar-refractivity contribution in [2.75, 3.05) is 19.1 Å². The Morgan fingerprint density at radius 3 is 2.85 bits per heavy atom. The van der Waals surface area contributed by atoms with Crippen LogP contribution in [0, 0.1) is 0 Å². The van der Waals surface area contributed by atoms with E-state index >= 15 is 0 Å². The summed E-state index contributed by atoms with van der Waals surface area (Å²) in [5, 5.41) is 1.37. The third-order valence-corrected chi connectivity index (χ3v) is 3.20. The van der Waals surface area contributed by atoms with Crippen molar-refractivity contribution < 1.29 is 9.15 Å². The maximum absolute atomic E-state index is 5.97. The molecule has 0 N–H and O–H groups in total. The highest BCUT2D eigenvalue weighted by molar-refractivity contribution is 6.29. The summed E-state index contributed by atoms with van der Waals surface area (Å²) < 4.78 is 10.4. The van der Waals surface area contributed by atoms with Crippen LogP contribution in [0.1, 0.15) is 0 Å². The molecule has 3 aromatic rings. The van der Waals surface area contributed by atoms with Crippen LogP contribution in [0.25, 0.3) is 11.0 Å². The van der Waals surface area contributed by atoms with Crippen LogP contribution in [0.4, 0.5) is 11.5 Å². The lowest BCUT2D eigenvalue weighted by Crippen LogP contribution is -2.12. The van der Waals surface area contributed by atoms with Crippen LogP contribution in [0.2, 0.25) is 5.15 Å². The van der Waals surface area contributed by atoms with Gasteiger partial charge in [-0.3, -0.25) is 0 Å². The van der Waals surface area contributed by atoms with Crippen LogP contribution in [0.3, 0.4) is 0 Å². The van der Waals surface area contributed by atoms with Gasteiger partial charge in [0, 0.05) is 24.2 Å². The zero-order valence-corrected chi connectivity index (χ0v) is 11.8. The van der Waals surface area contributed by atoms with Crippen LogP contribution < -0.4 is 9.64 Å². The van der Waals surface area contributed by atoms with Gasteiger partial charge < -0.3 is 14.1 Å². The summed E-state index contributed by atoms with van der Waals surface area (Å²) in [4.78, 5) is 10.1. The molecule has 2 aromatic heterocycles. The van der Waals surface area contributed by atoms with Gasteiger partial charge in [-0.15, -0.1) is 0 Å². The predicted molar refractivity (Wildman–Crippen MR) is 77.9 cm³/mol. The first-order valence-corrected chi connectivity index (χ1v) is 6.35. The highest BCUT2D eigenvalue weighted by atomic mass is 35.5. The molecule has 6 heteroatoms. The fourth-order valence-corrected chi connectivity index (χ4v) is 2.11. The van der Waals surface area contributed by atoms with E-state index in [9.17, 15) is 0 Å². The first-order chi connectivity index (χ1) is 9.67. The molecule has 0 saturated heterocycles. The van der Waals surface area contributed by atoms with E-state index in [-0.39, 0.29) is 6.01 Å². The van der Waals surface area contributed by atoms with Gasteiger partial charge in [-0.25, -0.2) is 0 Å². The van der Waals surface area contributed by atoms with Gasteiger partial charge in [0.1, 0.15) is 16.6 Å². The molecular weight excluding hydrogens is 278 g/mol. The van der Waals surface area contributed by atoms with E-state index in [2.05, 4.69) is 9.97 Å². The minimum atomic E-state index is 0.240. The summed E-state index contributed by atoms with van der Waals surface area (Å²) in [6.45, 7) is 0. The zero-order chi connectivity index (χ0) is 14.1. The molecular formula is C14H12ClN3O2. The second kappa shape index (κ2) is 5.02. The van der Waals surface area contributed by atoms with Crippen molar-refractivity contribution in [2.24, 2.45) is 0 Å². The summed E-state index contributed by atoms with van der Waals surface area (Å²) in [6.07, 6.45) is 1.67. The lowest BCUT2D eigenvalue weighted by molar-refractivity contribution is 0.380. The number of halogens is 1. The number of aromatic nitrogens is 2. The van der Waals surface area contributed by atoms with Gasteiger partial charge in [0.2, 0.25) is 0 Å². The largest absolute Gasteiger partial charge is 0.467 e. The van der Waals surface area contributed by atoms with Crippen molar-refractivity contribution in [3.8, 4) is 6.01 Å². The lowest BCUT2D eigenvalue weighted by Gasteiger charge is -2.18. The van der Waals surface area contributed by atoms with Gasteiger partial charge in [0.15, 0.2) is 0 Å². The number of benzene rings is 1. The number of anilines is 2. The number of fused-ring (bicyclic) bond motifs is 1. The SMILES string of the molecule is COc1nc(Cl)cc(N(C)c2ccc3occc3c2)n1. The monoisotopic (exact) mass is 289 g/mol. The van der Waals surface area contributed by atoms with Gasteiger partial charge >= 0.3 is 6.01 Å². The van der Waals surface area contributed by atoms with E-state index in [4.69, 9.17) is 20.8 Å². The molecule has 3 rings (SSSR count). The number of hydrogen-bond donors (Lipinski definition) is 0. The number of nitrogens with zero attached hydrogens (tertiary/aromatic N) is 3. The predicted octanol–water partition coefficient (Wildman–Crippen LogP) is 3.65. The zero-order valence-electron chi connectivity index (χ0n) is 11.0. The molecule has 0 unspecified atom stereocenters. The van der Waals surface area contributed by atoms with Gasteiger partial charge in [-0.05, 0) is 24.3 Å². The Kier molecular flexibility index (Phi) is 3.20. The molecule has 2 heterocycles. The second-order valence-corrected chi connectivity index (χ2v) is 4.62. The van der Waals surface area contributed by atoms with Crippen molar-refractivity contribution in [3.05, 3.63) is 41.7 Å². The Labute approximate surface area is 120 Å². The number of rotatable bonds is 3. The van der Waals surface area contributed by atoms with E-state index < -0.39 is 0 Å². The van der Waals surface area contributed by atoms with Crippen LogP contribution in [0.5, 0.6) is 6.01 Å². The number of ether oxygens (including phenoxy) is 1. The fraction of sp³-hybridized carbons (Fsp3) is 0.143. The summed E-state index contributed by atoms with van der Waals surface area (Å²) in [7, 11) is 3.41. The van der Waals surface area contributed by atoms with E-state index in [0.29, 0.717) is 11.0 Å². The second-order valence-electron chi connectivity index (χ2n) is 4.24. The molecule has 0 aliphatic heterocycles. The van der Waals surface area contributed by atoms with Crippen LogP contribution in [-0.4, -0.2) is 24.1 Å². The molecule has 0 amide bonds. The normalized spacial score (nSPS) is 10.8. The van der Waals surface area contributed by atoms with Crippen LogP contribution >= 0.6 is 11.6 Å². The topological polar surface area (TPSA) is 51.4 Å². The van der Waals surface area contributed by atoms with Crippen molar-refractivity contribution in [1.29, 1.82) is 0 Å². The third-order valence-electron chi connectivity index (χ3n) is 3.01. The Hall–Kier alpha value is -2.27. The van der Waals surface area contributed by atoms with E-state index in [1.54, 1.807) is 12.3 Å². The molecule has 0 fully saturated rings. The van der Waals surface area contributed by atoms with Gasteiger partial charge in [-0.1, -0.05) is 11.6 Å². The highest BCUT2D eigenvalue weighted by Gasteiger charge is 2.10. The summed E-state index contributed by atoms with van der Waals surface area (Å²) in [6, 6.07) is 9.73. The van der Waals surface area contributed by atoms with Crippen LogP contribution in [-0.2, 0) is 0 Å². The van der Waals surface area contributed by atoms with Gasteiger partial charge in [0.05, 0.1) is 13.4 Å². The van der Waals surface area contributed by atoms with E-state index in [1.165, 1.54) is 7.11 Å². The lowest BCUT2D eigenvalue weighted by atomic mass is 10.2.